The van der Waals surface area contributed by atoms with Crippen molar-refractivity contribution in [1.82, 2.24) is 4.98 Å². The number of hydrogen-bond donors (Lipinski definition) is 0. The Morgan fingerprint density at radius 2 is 2.00 bits per heavy atom. The van der Waals surface area contributed by atoms with Crippen molar-refractivity contribution in [3.8, 4) is 16.9 Å². The lowest BCUT2D eigenvalue weighted by Crippen LogP contribution is -1.92. The normalized spacial score (nSPS) is 10.1. The summed E-state index contributed by atoms with van der Waals surface area (Å²) < 4.78 is 5.38. The van der Waals surface area contributed by atoms with Crippen molar-refractivity contribution in [1.29, 1.82) is 0 Å². The van der Waals surface area contributed by atoms with E-state index < -0.39 is 0 Å². The molecule has 2 aromatic rings. The molecule has 0 aliphatic heterocycles. The van der Waals surface area contributed by atoms with Crippen molar-refractivity contribution in [2.45, 2.75) is 5.33 Å². The number of methoxy groups -OCH3 is 1. The molecule has 16 heavy (non-hydrogen) atoms. The molecule has 0 amide bonds. The summed E-state index contributed by atoms with van der Waals surface area (Å²) in [5.41, 5.74) is 3.11. The highest BCUT2D eigenvalue weighted by atomic mass is 79.9. The summed E-state index contributed by atoms with van der Waals surface area (Å²) in [7, 11) is 1.68. The topological polar surface area (TPSA) is 22.1 Å². The van der Waals surface area contributed by atoms with E-state index in [0.29, 0.717) is 0 Å². The average molecular weight is 278 g/mol. The molecule has 0 fully saturated rings. The molecular weight excluding hydrogens is 266 g/mol. The maximum absolute atomic E-state index is 5.38. The lowest BCUT2D eigenvalue weighted by molar-refractivity contribution is 0.415. The molecule has 0 saturated carbocycles. The number of aromatic nitrogens is 1. The molecule has 0 saturated heterocycles. The predicted octanol–water partition coefficient (Wildman–Crippen LogP) is 3.65. The van der Waals surface area contributed by atoms with Crippen LogP contribution in [0.3, 0.4) is 0 Å². The maximum atomic E-state index is 5.38. The summed E-state index contributed by atoms with van der Waals surface area (Å²) in [6, 6.07) is 12.1. The van der Waals surface area contributed by atoms with Gasteiger partial charge < -0.3 is 4.74 Å². The fourth-order valence-electron chi connectivity index (χ4n) is 1.55. The third-order valence-corrected chi connectivity index (χ3v) is 2.94. The van der Waals surface area contributed by atoms with E-state index in [1.54, 1.807) is 7.11 Å². The third kappa shape index (κ3) is 2.25. The Hall–Kier alpha value is -1.35. The summed E-state index contributed by atoms with van der Waals surface area (Å²) in [6.07, 6.45) is 1.85. The van der Waals surface area contributed by atoms with Crippen molar-refractivity contribution in [3.05, 3.63) is 48.3 Å². The van der Waals surface area contributed by atoms with Crippen molar-refractivity contribution in [2.24, 2.45) is 0 Å². The van der Waals surface area contributed by atoms with E-state index in [1.807, 2.05) is 42.6 Å². The van der Waals surface area contributed by atoms with Gasteiger partial charge in [-0.15, -0.1) is 0 Å². The smallest absolute Gasteiger partial charge is 0.130 e. The largest absolute Gasteiger partial charge is 0.496 e. The number of halogens is 1. The minimum atomic E-state index is 0.735. The van der Waals surface area contributed by atoms with Crippen LogP contribution in [0.4, 0.5) is 0 Å². The second kappa shape index (κ2) is 5.12. The zero-order valence-corrected chi connectivity index (χ0v) is 10.6. The summed E-state index contributed by atoms with van der Waals surface area (Å²) in [5.74, 6) is 0.857. The Morgan fingerprint density at radius 1 is 1.25 bits per heavy atom. The molecule has 2 rings (SSSR count). The van der Waals surface area contributed by atoms with Gasteiger partial charge in [0.15, 0.2) is 0 Å². The Bertz CT molecular complexity index is 471. The second-order valence-electron chi connectivity index (χ2n) is 3.38. The van der Waals surface area contributed by atoms with E-state index in [-0.39, 0.29) is 0 Å². The highest BCUT2D eigenvalue weighted by Crippen LogP contribution is 2.29. The number of alkyl halides is 1. The number of hydrogen-bond acceptors (Lipinski definition) is 2. The molecule has 1 aromatic heterocycles. The van der Waals surface area contributed by atoms with Crippen molar-refractivity contribution >= 4 is 15.9 Å². The summed E-state index contributed by atoms with van der Waals surface area (Å²) in [5, 5.41) is 0.735. The van der Waals surface area contributed by atoms with E-state index in [9.17, 15) is 0 Å². The first-order valence-corrected chi connectivity index (χ1v) is 6.11. The van der Waals surface area contributed by atoms with Gasteiger partial charge in [-0.1, -0.05) is 46.3 Å². The van der Waals surface area contributed by atoms with Gasteiger partial charge in [-0.3, -0.25) is 4.98 Å². The van der Waals surface area contributed by atoms with Crippen LogP contribution in [0.25, 0.3) is 11.1 Å². The van der Waals surface area contributed by atoms with E-state index in [0.717, 1.165) is 27.9 Å². The first-order chi connectivity index (χ1) is 7.85. The fraction of sp³-hybridized carbons (Fsp3) is 0.154. The number of ether oxygens (including phenoxy) is 1. The molecule has 0 N–H and O–H groups in total. The quantitative estimate of drug-likeness (QED) is 0.799. The van der Waals surface area contributed by atoms with Crippen molar-refractivity contribution < 1.29 is 4.74 Å². The lowest BCUT2D eigenvalue weighted by atomic mass is 10.1. The zero-order valence-electron chi connectivity index (χ0n) is 8.98. The highest BCUT2D eigenvalue weighted by molar-refractivity contribution is 9.08. The highest BCUT2D eigenvalue weighted by Gasteiger charge is 2.06. The van der Waals surface area contributed by atoms with Crippen LogP contribution in [-0.2, 0) is 5.33 Å². The molecule has 0 unspecified atom stereocenters. The van der Waals surface area contributed by atoms with E-state index >= 15 is 0 Å². The third-order valence-electron chi connectivity index (χ3n) is 2.36. The molecule has 0 aliphatic rings. The van der Waals surface area contributed by atoms with Crippen LogP contribution in [0, 0.1) is 0 Å². The molecule has 0 aliphatic carbocycles. The van der Waals surface area contributed by atoms with Gasteiger partial charge in [0.1, 0.15) is 5.75 Å². The van der Waals surface area contributed by atoms with Gasteiger partial charge in [0, 0.05) is 23.2 Å². The van der Waals surface area contributed by atoms with Gasteiger partial charge in [-0.25, -0.2) is 0 Å². The molecule has 1 heterocycles. The number of benzene rings is 1. The van der Waals surface area contributed by atoms with Gasteiger partial charge in [0.2, 0.25) is 0 Å². The minimum absolute atomic E-state index is 0.735. The van der Waals surface area contributed by atoms with Gasteiger partial charge in [-0.05, 0) is 5.56 Å². The number of pyridine rings is 1. The van der Waals surface area contributed by atoms with Crippen LogP contribution >= 0.6 is 15.9 Å². The van der Waals surface area contributed by atoms with Crippen LogP contribution in [0.2, 0.25) is 0 Å². The van der Waals surface area contributed by atoms with Gasteiger partial charge in [0.05, 0.1) is 12.8 Å². The standard InChI is InChI=1S/C13H12BrNO/c1-16-13-7-11(8-14)15-9-12(13)10-5-3-2-4-6-10/h2-7,9H,8H2,1H3. The maximum Gasteiger partial charge on any atom is 0.130 e. The fourth-order valence-corrected chi connectivity index (χ4v) is 1.86. The zero-order chi connectivity index (χ0) is 11.4. The van der Waals surface area contributed by atoms with Crippen LogP contribution in [-0.4, -0.2) is 12.1 Å². The predicted molar refractivity (Wildman–Crippen MR) is 68.9 cm³/mol. The Kier molecular flexibility index (Phi) is 3.57. The van der Waals surface area contributed by atoms with Crippen LogP contribution < -0.4 is 4.74 Å². The molecule has 0 radical (unpaired) electrons. The number of nitrogens with zero attached hydrogens (tertiary/aromatic N) is 1. The number of rotatable bonds is 3. The summed E-state index contributed by atoms with van der Waals surface area (Å²) in [4.78, 5) is 4.36. The first kappa shape index (κ1) is 11.1. The molecular formula is C13H12BrNO. The Labute approximate surface area is 103 Å². The average Bonchev–Trinajstić information content (AvgIpc) is 2.39. The van der Waals surface area contributed by atoms with E-state index in [1.165, 1.54) is 0 Å². The summed E-state index contributed by atoms with van der Waals surface area (Å²) >= 11 is 3.38. The van der Waals surface area contributed by atoms with E-state index in [4.69, 9.17) is 4.74 Å². The van der Waals surface area contributed by atoms with Gasteiger partial charge >= 0.3 is 0 Å². The molecule has 82 valence electrons. The molecule has 0 spiro atoms. The second-order valence-corrected chi connectivity index (χ2v) is 3.94. The first-order valence-electron chi connectivity index (χ1n) is 4.99. The SMILES string of the molecule is COc1cc(CBr)ncc1-c1ccccc1. The van der Waals surface area contributed by atoms with E-state index in [2.05, 4.69) is 20.9 Å². The van der Waals surface area contributed by atoms with Gasteiger partial charge in [0.25, 0.3) is 0 Å². The lowest BCUT2D eigenvalue weighted by Gasteiger charge is -2.09. The Balaban J connectivity index is 2.49. The monoisotopic (exact) mass is 277 g/mol. The van der Waals surface area contributed by atoms with Crippen LogP contribution in [0.15, 0.2) is 42.6 Å². The molecule has 0 bridgehead atoms. The van der Waals surface area contributed by atoms with Gasteiger partial charge in [-0.2, -0.15) is 0 Å². The minimum Gasteiger partial charge on any atom is -0.496 e. The molecule has 0 atom stereocenters. The molecule has 2 nitrogen and oxygen atoms in total. The molecule has 3 heteroatoms. The van der Waals surface area contributed by atoms with Crippen LogP contribution in [0.1, 0.15) is 5.69 Å². The summed E-state index contributed by atoms with van der Waals surface area (Å²) in [6.45, 7) is 0. The molecule has 1 aromatic carbocycles. The van der Waals surface area contributed by atoms with Crippen molar-refractivity contribution in [2.75, 3.05) is 7.11 Å². The van der Waals surface area contributed by atoms with Crippen LogP contribution in [0.5, 0.6) is 5.75 Å². The van der Waals surface area contributed by atoms with Crippen molar-refractivity contribution in [3.63, 3.8) is 0 Å². The Morgan fingerprint density at radius 3 is 2.62 bits per heavy atom.